The molecule has 4 fully saturated rings. The van der Waals surface area contributed by atoms with E-state index in [2.05, 4.69) is 37.0 Å². The maximum Gasteiger partial charge on any atom is 0.224 e. The van der Waals surface area contributed by atoms with E-state index in [4.69, 9.17) is 9.15 Å². The third-order valence-corrected chi connectivity index (χ3v) is 13.4. The second-order valence-electron chi connectivity index (χ2n) is 15.3. The van der Waals surface area contributed by atoms with Crippen LogP contribution in [0.25, 0.3) is 0 Å². The molecule has 2 heterocycles. The smallest absolute Gasteiger partial charge is 0.224 e. The number of carbonyl (C=O) groups is 1. The van der Waals surface area contributed by atoms with Crippen molar-refractivity contribution >= 4 is 5.78 Å². The SMILES string of the molecule is CC12CCC(O)CC13C=CC1(C(C(=O)c4ccco4)=C3)C2CCC2(C)C1CCC2(O)CN(CC(O)CO)CC1CCCO1. The van der Waals surface area contributed by atoms with E-state index in [0.717, 1.165) is 57.1 Å². The van der Waals surface area contributed by atoms with Crippen LogP contribution in [0.5, 0.6) is 0 Å². The molecule has 8 heteroatoms. The van der Waals surface area contributed by atoms with E-state index in [0.29, 0.717) is 31.7 Å². The first-order valence-electron chi connectivity index (χ1n) is 16.6. The van der Waals surface area contributed by atoms with Gasteiger partial charge in [0, 0.05) is 48.1 Å². The zero-order valence-electron chi connectivity index (χ0n) is 25.7. The Labute approximate surface area is 254 Å². The summed E-state index contributed by atoms with van der Waals surface area (Å²) < 4.78 is 11.6. The minimum absolute atomic E-state index is 0.0412. The van der Waals surface area contributed by atoms with Crippen LogP contribution in [0.3, 0.4) is 0 Å². The van der Waals surface area contributed by atoms with Crippen molar-refractivity contribution in [1.82, 2.24) is 4.90 Å². The predicted molar refractivity (Wildman–Crippen MR) is 160 cm³/mol. The summed E-state index contributed by atoms with van der Waals surface area (Å²) in [4.78, 5) is 16.4. The molecular weight excluding hydrogens is 546 g/mol. The van der Waals surface area contributed by atoms with E-state index in [1.165, 1.54) is 0 Å². The fourth-order valence-corrected chi connectivity index (χ4v) is 11.1. The number of aliphatic hydroxyl groups excluding tert-OH is 3. The zero-order valence-corrected chi connectivity index (χ0v) is 25.7. The average molecular weight is 596 g/mol. The van der Waals surface area contributed by atoms with Gasteiger partial charge in [0.2, 0.25) is 5.78 Å². The van der Waals surface area contributed by atoms with Gasteiger partial charge in [-0.05, 0) is 87.2 Å². The molecule has 1 aromatic heterocycles. The molecule has 1 saturated heterocycles. The van der Waals surface area contributed by atoms with Crippen molar-refractivity contribution in [3.05, 3.63) is 48.0 Å². The lowest BCUT2D eigenvalue weighted by atomic mass is 9.32. The average Bonchev–Trinajstić information content (AvgIpc) is 3.75. The van der Waals surface area contributed by atoms with E-state index in [9.17, 15) is 25.2 Å². The maximum atomic E-state index is 14.3. The van der Waals surface area contributed by atoms with Crippen LogP contribution in [-0.2, 0) is 4.74 Å². The summed E-state index contributed by atoms with van der Waals surface area (Å²) >= 11 is 0. The summed E-state index contributed by atoms with van der Waals surface area (Å²) in [6.45, 7) is 6.30. The monoisotopic (exact) mass is 595 g/mol. The number of hydrogen-bond acceptors (Lipinski definition) is 8. The van der Waals surface area contributed by atoms with Crippen molar-refractivity contribution in [2.24, 2.45) is 33.5 Å². The van der Waals surface area contributed by atoms with Crippen LogP contribution >= 0.6 is 0 Å². The number of rotatable bonds is 9. The van der Waals surface area contributed by atoms with Crippen molar-refractivity contribution in [3.63, 3.8) is 0 Å². The first-order valence-corrected chi connectivity index (χ1v) is 16.6. The largest absolute Gasteiger partial charge is 0.461 e. The molecule has 1 aromatic rings. The fraction of sp³-hybridized carbons (Fsp3) is 0.743. The Kier molecular flexibility index (Phi) is 7.20. The highest BCUT2D eigenvalue weighted by atomic mass is 16.5. The van der Waals surface area contributed by atoms with E-state index in [1.54, 1.807) is 18.4 Å². The molecule has 4 N–H and O–H groups in total. The molecule has 10 unspecified atom stereocenters. The minimum atomic E-state index is -1.03. The Hall–Kier alpha value is -1.81. The maximum absolute atomic E-state index is 14.3. The van der Waals surface area contributed by atoms with Gasteiger partial charge in [-0.15, -0.1) is 0 Å². The number of hydrogen-bond donors (Lipinski definition) is 4. The lowest BCUT2D eigenvalue weighted by Gasteiger charge is -2.71. The standard InChI is InChI=1S/C35H49NO7/c1-31-10-7-23(38)17-33(31)13-14-35(26(18-33)30(40)27-6-4-16-43-27)28(31)8-11-32(2)29(35)9-12-34(32,41)22-36(19-24(39)21-37)20-25-5-3-15-42-25/h4,6,13-14,16,18,23-25,28-29,37-39,41H,3,5,7-12,15,17,19-22H2,1-2H3. The minimum Gasteiger partial charge on any atom is -0.461 e. The van der Waals surface area contributed by atoms with Gasteiger partial charge in [0.05, 0.1) is 36.8 Å². The van der Waals surface area contributed by atoms with Gasteiger partial charge in [-0.2, -0.15) is 0 Å². The first-order chi connectivity index (χ1) is 20.5. The van der Waals surface area contributed by atoms with Crippen molar-refractivity contribution in [1.29, 1.82) is 0 Å². The summed E-state index contributed by atoms with van der Waals surface area (Å²) in [7, 11) is 0. The van der Waals surface area contributed by atoms with Crippen LogP contribution in [0.2, 0.25) is 0 Å². The molecule has 10 atom stereocenters. The lowest BCUT2D eigenvalue weighted by Crippen LogP contribution is -2.67. The molecule has 43 heavy (non-hydrogen) atoms. The number of ketones is 1. The number of carbonyl (C=O) groups excluding carboxylic acids is 1. The Bertz CT molecular complexity index is 1290. The molecule has 7 aliphatic rings. The molecule has 8 rings (SSSR count). The highest BCUT2D eigenvalue weighted by Gasteiger charge is 2.74. The number of fused-ring (bicyclic) bond motifs is 1. The van der Waals surface area contributed by atoms with Gasteiger partial charge in [0.25, 0.3) is 0 Å². The van der Waals surface area contributed by atoms with E-state index < -0.39 is 28.6 Å². The second-order valence-corrected chi connectivity index (χ2v) is 15.3. The van der Waals surface area contributed by atoms with E-state index >= 15 is 0 Å². The first kappa shape index (κ1) is 29.9. The topological polar surface area (TPSA) is 124 Å². The van der Waals surface area contributed by atoms with E-state index in [1.807, 2.05) is 0 Å². The van der Waals surface area contributed by atoms with Gasteiger partial charge in [-0.25, -0.2) is 0 Å². The molecule has 0 radical (unpaired) electrons. The zero-order chi connectivity index (χ0) is 30.3. The third kappa shape index (κ3) is 4.20. The number of Topliss-reactive ketones (excluding diaryl/α,β-unsaturated/α-hetero) is 1. The van der Waals surface area contributed by atoms with Gasteiger partial charge in [0.1, 0.15) is 0 Å². The molecule has 2 spiro atoms. The Balaban J connectivity index is 1.28. The van der Waals surface area contributed by atoms with Crippen LogP contribution in [0, 0.1) is 33.5 Å². The van der Waals surface area contributed by atoms with Crippen molar-refractivity contribution < 1.29 is 34.4 Å². The number of ether oxygens (including phenoxy) is 1. The molecule has 8 nitrogen and oxygen atoms in total. The Morgan fingerprint density at radius 3 is 2.58 bits per heavy atom. The number of nitrogens with zero attached hydrogens (tertiary/aromatic N) is 1. The van der Waals surface area contributed by atoms with Crippen molar-refractivity contribution in [3.8, 4) is 0 Å². The summed E-state index contributed by atoms with van der Waals surface area (Å²) in [6, 6.07) is 3.51. The summed E-state index contributed by atoms with van der Waals surface area (Å²) in [5.74, 6) is 0.526. The van der Waals surface area contributed by atoms with Crippen LogP contribution in [0.4, 0.5) is 0 Å². The molecule has 0 amide bonds. The molecule has 6 aliphatic carbocycles. The summed E-state index contributed by atoms with van der Waals surface area (Å²) in [5, 5.41) is 43.7. The summed E-state index contributed by atoms with van der Waals surface area (Å²) in [6.07, 6.45) is 14.6. The Morgan fingerprint density at radius 1 is 1.09 bits per heavy atom. The van der Waals surface area contributed by atoms with Crippen LogP contribution in [0.15, 0.2) is 46.6 Å². The van der Waals surface area contributed by atoms with Crippen molar-refractivity contribution in [2.45, 2.75) is 95.5 Å². The normalized spacial score (nSPS) is 45.5. The highest BCUT2D eigenvalue weighted by Crippen LogP contribution is 2.78. The summed E-state index contributed by atoms with van der Waals surface area (Å²) in [5.41, 5.74) is -1.73. The molecule has 1 aliphatic heterocycles. The number of aliphatic hydroxyl groups is 4. The molecule has 236 valence electrons. The van der Waals surface area contributed by atoms with Crippen molar-refractivity contribution in [2.75, 3.05) is 32.8 Å². The molecule has 0 aromatic carbocycles. The van der Waals surface area contributed by atoms with E-state index in [-0.39, 0.29) is 47.7 Å². The van der Waals surface area contributed by atoms with Gasteiger partial charge >= 0.3 is 0 Å². The molecule has 3 saturated carbocycles. The van der Waals surface area contributed by atoms with Crippen LogP contribution < -0.4 is 0 Å². The van der Waals surface area contributed by atoms with Gasteiger partial charge in [-0.3, -0.25) is 9.69 Å². The van der Waals surface area contributed by atoms with Gasteiger partial charge < -0.3 is 29.6 Å². The Morgan fingerprint density at radius 2 is 1.86 bits per heavy atom. The third-order valence-electron chi connectivity index (χ3n) is 13.4. The second kappa shape index (κ2) is 10.4. The van der Waals surface area contributed by atoms with Gasteiger partial charge in [0.15, 0.2) is 5.76 Å². The quantitative estimate of drug-likeness (QED) is 0.251. The lowest BCUT2D eigenvalue weighted by molar-refractivity contribution is -0.177. The van der Waals surface area contributed by atoms with Crippen LogP contribution in [-0.4, -0.2) is 87.9 Å². The molecular formula is C35H49NO7. The number of furan rings is 1. The number of allylic oxidation sites excluding steroid dienone is 4. The highest BCUT2D eigenvalue weighted by molar-refractivity contribution is 6.08. The fourth-order valence-electron chi connectivity index (χ4n) is 11.1. The molecule has 2 bridgehead atoms. The predicted octanol–water partition coefficient (Wildman–Crippen LogP) is 3.89. The van der Waals surface area contributed by atoms with Gasteiger partial charge in [-0.1, -0.05) is 32.1 Å². The van der Waals surface area contributed by atoms with Crippen LogP contribution in [0.1, 0.15) is 82.2 Å².